The monoisotopic (exact) mass is 400 g/mol. The predicted octanol–water partition coefficient (Wildman–Crippen LogP) is 3.21. The Labute approximate surface area is 170 Å². The number of nitrogens with one attached hydrogen (secondary N) is 2. The van der Waals surface area contributed by atoms with E-state index in [0.717, 1.165) is 37.5 Å². The summed E-state index contributed by atoms with van der Waals surface area (Å²) in [4.78, 5) is 36.3. The fraction of sp³-hybridized carbons (Fsp3) is 0.591. The smallest absolute Gasteiger partial charge is 0.310 e. The minimum Gasteiger partial charge on any atom is -0.495 e. The van der Waals surface area contributed by atoms with Crippen molar-refractivity contribution in [2.45, 2.75) is 39.0 Å². The average molecular weight is 400 g/mol. The van der Waals surface area contributed by atoms with Gasteiger partial charge in [-0.2, -0.15) is 0 Å². The van der Waals surface area contributed by atoms with E-state index in [1.54, 1.807) is 18.2 Å². The second-order valence-electron chi connectivity index (χ2n) is 8.71. The number of hydrogen-bond donors (Lipinski definition) is 2. The second kappa shape index (κ2) is 8.05. The zero-order valence-electron chi connectivity index (χ0n) is 16.9. The van der Waals surface area contributed by atoms with E-state index in [-0.39, 0.29) is 24.4 Å². The quantitative estimate of drug-likeness (QED) is 0.715. The Balaban J connectivity index is 1.34. The molecule has 156 valence electrons. The molecule has 4 fully saturated rings. The zero-order valence-corrected chi connectivity index (χ0v) is 16.9. The Bertz CT molecular complexity index is 793. The van der Waals surface area contributed by atoms with Crippen LogP contribution in [-0.4, -0.2) is 31.5 Å². The van der Waals surface area contributed by atoms with Crippen molar-refractivity contribution < 1.29 is 23.9 Å². The number of amides is 2. The molecule has 4 aliphatic rings. The molecule has 0 unspecified atom stereocenters. The van der Waals surface area contributed by atoms with Gasteiger partial charge >= 0.3 is 5.97 Å². The molecule has 4 aliphatic carbocycles. The lowest BCUT2D eigenvalue weighted by atomic mass is 9.52. The summed E-state index contributed by atoms with van der Waals surface area (Å²) in [5.74, 6) is 1.97. The largest absolute Gasteiger partial charge is 0.495 e. The number of methoxy groups -OCH3 is 1. The molecular weight excluding hydrogens is 372 g/mol. The maximum absolute atomic E-state index is 12.7. The Morgan fingerprint density at radius 1 is 1.00 bits per heavy atom. The molecule has 0 aliphatic heterocycles. The summed E-state index contributed by atoms with van der Waals surface area (Å²) in [7, 11) is 1.50. The number of anilines is 2. The van der Waals surface area contributed by atoms with Gasteiger partial charge in [-0.05, 0) is 74.0 Å². The molecule has 0 saturated heterocycles. The highest BCUT2D eigenvalue weighted by Gasteiger charge is 2.51. The maximum Gasteiger partial charge on any atom is 0.310 e. The van der Waals surface area contributed by atoms with Crippen LogP contribution in [0.3, 0.4) is 0 Å². The molecule has 1 aromatic carbocycles. The minimum atomic E-state index is -0.430. The van der Waals surface area contributed by atoms with Gasteiger partial charge in [-0.1, -0.05) is 0 Å². The molecule has 4 bridgehead atoms. The van der Waals surface area contributed by atoms with Crippen LogP contribution in [0, 0.1) is 29.6 Å². The van der Waals surface area contributed by atoms with Crippen LogP contribution in [-0.2, 0) is 19.1 Å². The fourth-order valence-electron chi connectivity index (χ4n) is 5.82. The van der Waals surface area contributed by atoms with Crippen molar-refractivity contribution in [1.82, 2.24) is 0 Å². The summed E-state index contributed by atoms with van der Waals surface area (Å²) in [6.07, 6.45) is 5.85. The van der Waals surface area contributed by atoms with Crippen molar-refractivity contribution in [3.05, 3.63) is 18.2 Å². The molecule has 0 atom stereocenters. The van der Waals surface area contributed by atoms with Gasteiger partial charge in [-0.15, -0.1) is 0 Å². The van der Waals surface area contributed by atoms with Gasteiger partial charge in [0, 0.05) is 12.6 Å². The summed E-state index contributed by atoms with van der Waals surface area (Å²) in [6.45, 7) is 1.08. The first-order valence-electron chi connectivity index (χ1n) is 10.3. The first-order valence-corrected chi connectivity index (χ1v) is 10.3. The molecule has 4 saturated carbocycles. The summed E-state index contributed by atoms with van der Waals surface area (Å²) < 4.78 is 10.7. The standard InChI is InChI=1S/C22H28N2O5/c1-12(25)23-17-3-4-19(28-2)18(10-17)24-20(26)11-29-22(27)21-15-6-13-5-14(8-15)9-16(21)7-13/h3-4,10,13-16,21H,5-9,11H2,1-2H3,(H,23,25)(H,24,26). The number of rotatable bonds is 6. The van der Waals surface area contributed by atoms with Gasteiger partial charge in [0.1, 0.15) is 5.75 Å². The van der Waals surface area contributed by atoms with E-state index in [1.807, 2.05) is 0 Å². The molecule has 29 heavy (non-hydrogen) atoms. The van der Waals surface area contributed by atoms with E-state index in [2.05, 4.69) is 10.6 Å². The van der Waals surface area contributed by atoms with Crippen molar-refractivity contribution in [1.29, 1.82) is 0 Å². The van der Waals surface area contributed by atoms with Crippen LogP contribution in [0.15, 0.2) is 18.2 Å². The molecule has 0 aromatic heterocycles. The van der Waals surface area contributed by atoms with Crippen LogP contribution >= 0.6 is 0 Å². The fourth-order valence-corrected chi connectivity index (χ4v) is 5.82. The topological polar surface area (TPSA) is 93.7 Å². The van der Waals surface area contributed by atoms with Crippen LogP contribution in [0.1, 0.15) is 39.0 Å². The summed E-state index contributed by atoms with van der Waals surface area (Å²) in [5.41, 5.74) is 0.952. The highest BCUT2D eigenvalue weighted by molar-refractivity contribution is 5.96. The minimum absolute atomic E-state index is 0.0479. The Kier molecular flexibility index (Phi) is 5.48. The van der Waals surface area contributed by atoms with Gasteiger partial charge < -0.3 is 20.1 Å². The van der Waals surface area contributed by atoms with E-state index in [0.29, 0.717) is 29.0 Å². The van der Waals surface area contributed by atoms with Crippen LogP contribution in [0.25, 0.3) is 0 Å². The lowest BCUT2D eigenvalue weighted by Gasteiger charge is -2.53. The lowest BCUT2D eigenvalue weighted by molar-refractivity contribution is -0.164. The molecular formula is C22H28N2O5. The number of esters is 1. The molecule has 0 spiro atoms. The molecule has 1 aromatic rings. The second-order valence-corrected chi connectivity index (χ2v) is 8.71. The number of benzene rings is 1. The number of hydrogen-bond acceptors (Lipinski definition) is 5. The van der Waals surface area contributed by atoms with Crippen LogP contribution in [0.4, 0.5) is 11.4 Å². The van der Waals surface area contributed by atoms with Crippen molar-refractivity contribution in [2.24, 2.45) is 29.6 Å². The molecule has 2 amide bonds. The van der Waals surface area contributed by atoms with Gasteiger partial charge in [-0.3, -0.25) is 14.4 Å². The maximum atomic E-state index is 12.7. The van der Waals surface area contributed by atoms with Crippen LogP contribution in [0.2, 0.25) is 0 Å². The van der Waals surface area contributed by atoms with Gasteiger partial charge in [0.05, 0.1) is 18.7 Å². The first kappa shape index (κ1) is 19.7. The summed E-state index contributed by atoms with van der Waals surface area (Å²) in [6, 6.07) is 4.95. The van der Waals surface area contributed by atoms with Gasteiger partial charge in [-0.25, -0.2) is 0 Å². The Morgan fingerprint density at radius 3 is 2.24 bits per heavy atom. The van der Waals surface area contributed by atoms with Gasteiger partial charge in [0.15, 0.2) is 6.61 Å². The number of ether oxygens (including phenoxy) is 2. The van der Waals surface area contributed by atoms with E-state index in [1.165, 1.54) is 20.5 Å². The van der Waals surface area contributed by atoms with E-state index < -0.39 is 5.91 Å². The summed E-state index contributed by atoms with van der Waals surface area (Å²) >= 11 is 0. The molecule has 7 heteroatoms. The number of carbonyl (C=O) groups excluding carboxylic acids is 3. The van der Waals surface area contributed by atoms with Crippen molar-refractivity contribution in [2.75, 3.05) is 24.4 Å². The van der Waals surface area contributed by atoms with Gasteiger partial charge in [0.25, 0.3) is 5.91 Å². The normalized spacial score (nSPS) is 29.2. The molecule has 0 radical (unpaired) electrons. The van der Waals surface area contributed by atoms with E-state index in [4.69, 9.17) is 9.47 Å². The third-order valence-corrected chi connectivity index (χ3v) is 6.64. The molecule has 5 rings (SSSR count). The Hall–Kier alpha value is -2.57. The van der Waals surface area contributed by atoms with Crippen LogP contribution in [0.5, 0.6) is 5.75 Å². The summed E-state index contributed by atoms with van der Waals surface area (Å²) in [5, 5.41) is 5.37. The predicted molar refractivity (Wildman–Crippen MR) is 107 cm³/mol. The van der Waals surface area contributed by atoms with E-state index in [9.17, 15) is 14.4 Å². The zero-order chi connectivity index (χ0) is 20.5. The van der Waals surface area contributed by atoms with Crippen molar-refractivity contribution >= 4 is 29.2 Å². The van der Waals surface area contributed by atoms with Crippen molar-refractivity contribution in [3.63, 3.8) is 0 Å². The number of carbonyl (C=O) groups is 3. The highest BCUT2D eigenvalue weighted by atomic mass is 16.5. The third kappa shape index (κ3) is 4.23. The molecule has 0 heterocycles. The lowest BCUT2D eigenvalue weighted by Crippen LogP contribution is -2.48. The van der Waals surface area contributed by atoms with Gasteiger partial charge in [0.2, 0.25) is 5.91 Å². The SMILES string of the molecule is COc1ccc(NC(C)=O)cc1NC(=O)COC(=O)C1C2CC3CC(C2)CC1C3. The Morgan fingerprint density at radius 2 is 1.66 bits per heavy atom. The average Bonchev–Trinajstić information content (AvgIpc) is 2.65. The molecule has 2 N–H and O–H groups in total. The first-order chi connectivity index (χ1) is 13.9. The molecule has 7 nitrogen and oxygen atoms in total. The highest BCUT2D eigenvalue weighted by Crippen LogP contribution is 2.56. The third-order valence-electron chi connectivity index (χ3n) is 6.64. The van der Waals surface area contributed by atoms with E-state index >= 15 is 0 Å². The van der Waals surface area contributed by atoms with Crippen LogP contribution < -0.4 is 15.4 Å². The van der Waals surface area contributed by atoms with Crippen molar-refractivity contribution in [3.8, 4) is 5.75 Å².